The number of nitrogens with one attached hydrogen (secondary N) is 1. The quantitative estimate of drug-likeness (QED) is 0.679. The zero-order valence-corrected chi connectivity index (χ0v) is 8.31. The monoisotopic (exact) mass is 219 g/mol. The van der Waals surface area contributed by atoms with Crippen LogP contribution < -0.4 is 0 Å². The van der Waals surface area contributed by atoms with Crippen LogP contribution in [0.15, 0.2) is 30.6 Å². The molecule has 0 bridgehead atoms. The molecule has 3 rings (SSSR count). The number of fused-ring (bicyclic) bond motifs is 1. The molecule has 3 aromatic rings. The second-order valence-corrected chi connectivity index (χ2v) is 3.42. The van der Waals surface area contributed by atoms with E-state index >= 15 is 0 Å². The Morgan fingerprint density at radius 1 is 1.20 bits per heavy atom. The maximum Gasteiger partial charge on any atom is 0.220 e. The first-order valence-electron chi connectivity index (χ1n) is 4.36. The topological polar surface area (TPSA) is 59.4 Å². The van der Waals surface area contributed by atoms with Crippen molar-refractivity contribution in [2.45, 2.75) is 0 Å². The predicted octanol–water partition coefficient (Wildman–Crippen LogP) is 1.80. The molecule has 5 nitrogen and oxygen atoms in total. The van der Waals surface area contributed by atoms with Gasteiger partial charge in [-0.1, -0.05) is 23.7 Å². The molecule has 0 aliphatic rings. The average molecular weight is 220 g/mol. The Kier molecular flexibility index (Phi) is 1.72. The van der Waals surface area contributed by atoms with Gasteiger partial charge in [0, 0.05) is 0 Å². The molecule has 2 heterocycles. The highest BCUT2D eigenvalue weighted by atomic mass is 35.5. The zero-order chi connectivity index (χ0) is 10.3. The number of halogens is 1. The molecule has 0 fully saturated rings. The van der Waals surface area contributed by atoms with Crippen LogP contribution >= 0.6 is 11.6 Å². The van der Waals surface area contributed by atoms with Gasteiger partial charge in [-0.3, -0.25) is 0 Å². The van der Waals surface area contributed by atoms with Crippen molar-refractivity contribution in [3.05, 3.63) is 35.6 Å². The molecule has 0 saturated heterocycles. The van der Waals surface area contributed by atoms with E-state index in [1.807, 2.05) is 18.2 Å². The van der Waals surface area contributed by atoms with Crippen LogP contribution in [-0.2, 0) is 0 Å². The van der Waals surface area contributed by atoms with Crippen LogP contribution in [0.4, 0.5) is 0 Å². The lowest BCUT2D eigenvalue weighted by Crippen LogP contribution is -1.99. The Balaban J connectivity index is 2.22. The highest BCUT2D eigenvalue weighted by molar-refractivity contribution is 6.32. The van der Waals surface area contributed by atoms with Gasteiger partial charge < -0.3 is 4.98 Å². The standard InChI is InChI=1S/C9H6ClN5/c10-6-3-1-2-4-7(6)15-13-8-9(14-15)12-5-11-8/h1-5H,(H,11,12,13,14). The summed E-state index contributed by atoms with van der Waals surface area (Å²) in [6, 6.07) is 7.38. The second kappa shape index (κ2) is 3.06. The first-order chi connectivity index (χ1) is 7.34. The maximum absolute atomic E-state index is 6.02. The Bertz CT molecular complexity index is 583. The molecule has 2 aromatic heterocycles. The van der Waals surface area contributed by atoms with Crippen LogP contribution in [0, 0.1) is 0 Å². The molecule has 0 atom stereocenters. The maximum atomic E-state index is 6.02. The number of imidazole rings is 1. The molecular formula is C9H6ClN5. The summed E-state index contributed by atoms with van der Waals surface area (Å²) in [6.45, 7) is 0. The highest BCUT2D eigenvalue weighted by Gasteiger charge is 2.08. The Labute approximate surface area is 89.7 Å². The van der Waals surface area contributed by atoms with Gasteiger partial charge in [-0.15, -0.1) is 15.0 Å². The number of aromatic amines is 1. The summed E-state index contributed by atoms with van der Waals surface area (Å²) >= 11 is 6.02. The SMILES string of the molecule is Clc1ccccc1-n1nc2nc[nH]c2n1. The van der Waals surface area contributed by atoms with Crippen molar-refractivity contribution in [1.29, 1.82) is 0 Å². The van der Waals surface area contributed by atoms with Gasteiger partial charge in [0.15, 0.2) is 0 Å². The molecule has 0 amide bonds. The number of benzene rings is 1. The third kappa shape index (κ3) is 1.28. The molecule has 1 aromatic carbocycles. The van der Waals surface area contributed by atoms with E-state index in [4.69, 9.17) is 11.6 Å². The van der Waals surface area contributed by atoms with Gasteiger partial charge >= 0.3 is 0 Å². The van der Waals surface area contributed by atoms with Gasteiger partial charge in [0.2, 0.25) is 11.3 Å². The molecule has 0 unspecified atom stereocenters. The van der Waals surface area contributed by atoms with Crippen molar-refractivity contribution in [2.24, 2.45) is 0 Å². The summed E-state index contributed by atoms with van der Waals surface area (Å²) in [5, 5.41) is 9.00. The van der Waals surface area contributed by atoms with E-state index in [9.17, 15) is 0 Å². The molecule has 6 heteroatoms. The van der Waals surface area contributed by atoms with E-state index in [1.54, 1.807) is 12.4 Å². The van der Waals surface area contributed by atoms with Crippen molar-refractivity contribution in [1.82, 2.24) is 25.0 Å². The fourth-order valence-corrected chi connectivity index (χ4v) is 1.57. The second-order valence-electron chi connectivity index (χ2n) is 3.02. The number of nitrogens with zero attached hydrogens (tertiary/aromatic N) is 4. The van der Waals surface area contributed by atoms with Gasteiger partial charge in [-0.2, -0.15) is 0 Å². The van der Waals surface area contributed by atoms with E-state index in [0.717, 1.165) is 5.69 Å². The van der Waals surface area contributed by atoms with Crippen LogP contribution in [0.2, 0.25) is 5.02 Å². The third-order valence-corrected chi connectivity index (χ3v) is 2.37. The number of hydrogen-bond acceptors (Lipinski definition) is 3. The van der Waals surface area contributed by atoms with E-state index in [0.29, 0.717) is 16.3 Å². The summed E-state index contributed by atoms with van der Waals surface area (Å²) in [6.07, 6.45) is 1.56. The van der Waals surface area contributed by atoms with E-state index < -0.39 is 0 Å². The molecule has 74 valence electrons. The fraction of sp³-hybridized carbons (Fsp3) is 0. The average Bonchev–Trinajstić information content (AvgIpc) is 2.77. The van der Waals surface area contributed by atoms with Crippen LogP contribution in [0.5, 0.6) is 0 Å². The van der Waals surface area contributed by atoms with Gasteiger partial charge in [0.25, 0.3) is 0 Å². The highest BCUT2D eigenvalue weighted by Crippen LogP contribution is 2.18. The number of H-pyrrole nitrogens is 1. The van der Waals surface area contributed by atoms with Crippen molar-refractivity contribution < 1.29 is 0 Å². The normalized spacial score (nSPS) is 11.0. The molecule has 0 spiro atoms. The minimum Gasteiger partial charge on any atom is -0.326 e. The lowest BCUT2D eigenvalue weighted by Gasteiger charge is -2.00. The van der Waals surface area contributed by atoms with Crippen molar-refractivity contribution in [3.8, 4) is 5.69 Å². The van der Waals surface area contributed by atoms with Crippen LogP contribution in [0.3, 0.4) is 0 Å². The minimum absolute atomic E-state index is 0.579. The smallest absolute Gasteiger partial charge is 0.220 e. The largest absolute Gasteiger partial charge is 0.326 e. The van der Waals surface area contributed by atoms with Gasteiger partial charge in [-0.05, 0) is 12.1 Å². The Morgan fingerprint density at radius 2 is 2.07 bits per heavy atom. The molecular weight excluding hydrogens is 214 g/mol. The fourth-order valence-electron chi connectivity index (χ4n) is 1.36. The van der Waals surface area contributed by atoms with E-state index in [2.05, 4.69) is 20.2 Å². The number of rotatable bonds is 1. The summed E-state index contributed by atoms with van der Waals surface area (Å²) < 4.78 is 0. The molecule has 0 aliphatic carbocycles. The Morgan fingerprint density at radius 3 is 2.87 bits per heavy atom. The summed E-state index contributed by atoms with van der Waals surface area (Å²) in [4.78, 5) is 8.35. The summed E-state index contributed by atoms with van der Waals surface area (Å²) in [5.41, 5.74) is 1.97. The first kappa shape index (κ1) is 8.43. The van der Waals surface area contributed by atoms with Gasteiger partial charge in [-0.25, -0.2) is 4.98 Å². The van der Waals surface area contributed by atoms with Crippen LogP contribution in [-0.4, -0.2) is 25.0 Å². The third-order valence-electron chi connectivity index (χ3n) is 2.05. The lowest BCUT2D eigenvalue weighted by atomic mass is 10.3. The minimum atomic E-state index is 0.579. The first-order valence-corrected chi connectivity index (χ1v) is 4.74. The van der Waals surface area contributed by atoms with E-state index in [-0.39, 0.29) is 0 Å². The number of hydrogen-bond donors (Lipinski definition) is 1. The van der Waals surface area contributed by atoms with Crippen LogP contribution in [0.1, 0.15) is 0 Å². The van der Waals surface area contributed by atoms with Gasteiger partial charge in [0.05, 0.1) is 11.3 Å². The van der Waals surface area contributed by atoms with Crippen molar-refractivity contribution in [2.75, 3.05) is 0 Å². The lowest BCUT2D eigenvalue weighted by molar-refractivity contribution is 0.758. The number of aromatic nitrogens is 5. The Hall–Kier alpha value is -1.88. The van der Waals surface area contributed by atoms with E-state index in [1.165, 1.54) is 4.80 Å². The van der Waals surface area contributed by atoms with Crippen molar-refractivity contribution >= 4 is 22.9 Å². The van der Waals surface area contributed by atoms with Gasteiger partial charge in [0.1, 0.15) is 5.69 Å². The molecule has 0 aliphatic heterocycles. The molecule has 1 N–H and O–H groups in total. The number of para-hydroxylation sites is 1. The summed E-state index contributed by atoms with van der Waals surface area (Å²) in [7, 11) is 0. The van der Waals surface area contributed by atoms with Crippen LogP contribution in [0.25, 0.3) is 17.0 Å². The predicted molar refractivity (Wildman–Crippen MR) is 56.0 cm³/mol. The summed E-state index contributed by atoms with van der Waals surface area (Å²) in [5.74, 6) is 0. The molecule has 0 saturated carbocycles. The van der Waals surface area contributed by atoms with Crippen molar-refractivity contribution in [3.63, 3.8) is 0 Å². The molecule has 15 heavy (non-hydrogen) atoms. The zero-order valence-electron chi connectivity index (χ0n) is 7.55. The molecule has 0 radical (unpaired) electrons.